The summed E-state index contributed by atoms with van der Waals surface area (Å²) >= 11 is 0. The zero-order chi connectivity index (χ0) is 25.1. The standard InChI is InChI=1S/C30H24N2O4/c1-2-20-12-15-25(16-13-20)32-29(34)26(28(33)31-30(32)35)18-24-9-5-6-10-27(24)36-19-21-11-14-22-7-3-4-8-23(22)17-21/h3-18H,2,19H2,1H3,(H,31,33,35)/b26-18-. The number of hydrogen-bond acceptors (Lipinski definition) is 4. The lowest BCUT2D eigenvalue weighted by Crippen LogP contribution is -2.54. The van der Waals surface area contributed by atoms with Crippen LogP contribution < -0.4 is 15.0 Å². The molecule has 0 aromatic heterocycles. The van der Waals surface area contributed by atoms with Gasteiger partial charge in [-0.05, 0) is 58.7 Å². The Kier molecular flexibility index (Phi) is 6.33. The average Bonchev–Trinajstić information content (AvgIpc) is 2.90. The Morgan fingerprint density at radius 1 is 0.806 bits per heavy atom. The maximum Gasteiger partial charge on any atom is 0.335 e. The number of benzene rings is 4. The Morgan fingerprint density at radius 3 is 2.28 bits per heavy atom. The fourth-order valence-electron chi connectivity index (χ4n) is 4.15. The molecule has 1 N–H and O–H groups in total. The molecule has 178 valence electrons. The first kappa shape index (κ1) is 23.1. The summed E-state index contributed by atoms with van der Waals surface area (Å²) in [4.78, 5) is 39.4. The van der Waals surface area contributed by atoms with E-state index >= 15 is 0 Å². The number of para-hydroxylation sites is 1. The van der Waals surface area contributed by atoms with Crippen LogP contribution in [-0.2, 0) is 22.6 Å². The molecule has 1 fully saturated rings. The smallest absolute Gasteiger partial charge is 0.335 e. The minimum Gasteiger partial charge on any atom is -0.488 e. The summed E-state index contributed by atoms with van der Waals surface area (Å²) in [5, 5.41) is 4.54. The molecule has 0 saturated carbocycles. The van der Waals surface area contributed by atoms with Gasteiger partial charge in [0.05, 0.1) is 5.69 Å². The second-order valence-corrected chi connectivity index (χ2v) is 8.49. The number of hydrogen-bond donors (Lipinski definition) is 1. The normalized spacial score (nSPS) is 14.9. The van der Waals surface area contributed by atoms with Crippen LogP contribution in [0.2, 0.25) is 0 Å². The Balaban J connectivity index is 1.41. The number of anilines is 1. The first-order chi connectivity index (χ1) is 17.5. The van der Waals surface area contributed by atoms with Crippen LogP contribution in [0, 0.1) is 0 Å². The zero-order valence-electron chi connectivity index (χ0n) is 19.7. The van der Waals surface area contributed by atoms with Crippen molar-refractivity contribution in [1.82, 2.24) is 5.32 Å². The van der Waals surface area contributed by atoms with Crippen molar-refractivity contribution in [2.24, 2.45) is 0 Å². The van der Waals surface area contributed by atoms with Crippen molar-refractivity contribution in [3.63, 3.8) is 0 Å². The van der Waals surface area contributed by atoms with Crippen LogP contribution >= 0.6 is 0 Å². The summed E-state index contributed by atoms with van der Waals surface area (Å²) in [5.74, 6) is -0.900. The van der Waals surface area contributed by atoms with Gasteiger partial charge in [-0.1, -0.05) is 73.7 Å². The number of nitrogens with zero attached hydrogens (tertiary/aromatic N) is 1. The minimum absolute atomic E-state index is 0.143. The third-order valence-electron chi connectivity index (χ3n) is 6.13. The Bertz CT molecular complexity index is 1510. The van der Waals surface area contributed by atoms with Gasteiger partial charge in [0.25, 0.3) is 11.8 Å². The summed E-state index contributed by atoms with van der Waals surface area (Å²) in [6.45, 7) is 2.34. The molecule has 6 nitrogen and oxygen atoms in total. The van der Waals surface area contributed by atoms with Gasteiger partial charge in [0, 0.05) is 5.56 Å². The largest absolute Gasteiger partial charge is 0.488 e. The lowest BCUT2D eigenvalue weighted by Gasteiger charge is -2.26. The SMILES string of the molecule is CCc1ccc(N2C(=O)NC(=O)/C(=C/c3ccccc3OCc3ccc4ccccc4c3)C2=O)cc1. The second-order valence-electron chi connectivity index (χ2n) is 8.49. The van der Waals surface area contributed by atoms with Crippen molar-refractivity contribution in [2.75, 3.05) is 4.90 Å². The average molecular weight is 477 g/mol. The molecule has 0 unspecified atom stereocenters. The molecule has 36 heavy (non-hydrogen) atoms. The van der Waals surface area contributed by atoms with E-state index in [1.54, 1.807) is 30.3 Å². The van der Waals surface area contributed by atoms with Crippen molar-refractivity contribution in [3.8, 4) is 5.75 Å². The molecule has 0 spiro atoms. The second kappa shape index (κ2) is 9.88. The predicted molar refractivity (Wildman–Crippen MR) is 140 cm³/mol. The van der Waals surface area contributed by atoms with E-state index in [1.807, 2.05) is 55.5 Å². The molecule has 0 aliphatic carbocycles. The lowest BCUT2D eigenvalue weighted by atomic mass is 10.1. The maximum atomic E-state index is 13.3. The summed E-state index contributed by atoms with van der Waals surface area (Å²) in [5.41, 5.74) is 2.89. The molecule has 1 saturated heterocycles. The van der Waals surface area contributed by atoms with Crippen LogP contribution in [0.1, 0.15) is 23.6 Å². The lowest BCUT2D eigenvalue weighted by molar-refractivity contribution is -0.122. The van der Waals surface area contributed by atoms with E-state index in [9.17, 15) is 14.4 Å². The molecular formula is C30H24N2O4. The van der Waals surface area contributed by atoms with Crippen molar-refractivity contribution < 1.29 is 19.1 Å². The highest BCUT2D eigenvalue weighted by Crippen LogP contribution is 2.27. The van der Waals surface area contributed by atoms with Gasteiger partial charge in [0.2, 0.25) is 0 Å². The van der Waals surface area contributed by atoms with Crippen molar-refractivity contribution in [3.05, 3.63) is 113 Å². The molecule has 0 atom stereocenters. The van der Waals surface area contributed by atoms with E-state index in [1.165, 1.54) is 6.08 Å². The number of ether oxygens (including phenoxy) is 1. The van der Waals surface area contributed by atoms with E-state index in [2.05, 4.69) is 17.4 Å². The third kappa shape index (κ3) is 4.61. The first-order valence-electron chi connectivity index (χ1n) is 11.7. The number of nitrogens with one attached hydrogen (secondary N) is 1. The van der Waals surface area contributed by atoms with E-state index in [0.29, 0.717) is 23.6 Å². The van der Waals surface area contributed by atoms with Gasteiger partial charge in [-0.2, -0.15) is 0 Å². The van der Waals surface area contributed by atoms with Crippen LogP contribution in [0.25, 0.3) is 16.8 Å². The molecule has 6 heteroatoms. The highest BCUT2D eigenvalue weighted by molar-refractivity contribution is 6.39. The number of barbiturate groups is 1. The van der Waals surface area contributed by atoms with Gasteiger partial charge < -0.3 is 4.74 Å². The molecule has 4 amide bonds. The van der Waals surface area contributed by atoms with Crippen molar-refractivity contribution >= 4 is 40.4 Å². The molecule has 4 aromatic carbocycles. The minimum atomic E-state index is -0.771. The number of carbonyl (C=O) groups excluding carboxylic acids is 3. The van der Waals surface area contributed by atoms with Crippen LogP contribution in [-0.4, -0.2) is 17.8 Å². The Hall–Kier alpha value is -4.71. The molecule has 1 aliphatic heterocycles. The summed E-state index contributed by atoms with van der Waals surface area (Å²) in [7, 11) is 0. The van der Waals surface area contributed by atoms with Crippen LogP contribution in [0.4, 0.5) is 10.5 Å². The number of fused-ring (bicyclic) bond motifs is 1. The Morgan fingerprint density at radius 2 is 1.50 bits per heavy atom. The molecule has 0 radical (unpaired) electrons. The topological polar surface area (TPSA) is 75.7 Å². The third-order valence-corrected chi connectivity index (χ3v) is 6.13. The van der Waals surface area contributed by atoms with Crippen LogP contribution in [0.3, 0.4) is 0 Å². The number of amides is 4. The highest BCUT2D eigenvalue weighted by Gasteiger charge is 2.36. The summed E-state index contributed by atoms with van der Waals surface area (Å²) in [6, 6.07) is 27.7. The molecule has 1 heterocycles. The Labute approximate surface area is 208 Å². The maximum absolute atomic E-state index is 13.3. The van der Waals surface area contributed by atoms with Gasteiger partial charge in [-0.3, -0.25) is 14.9 Å². The number of aryl methyl sites for hydroxylation is 1. The van der Waals surface area contributed by atoms with Gasteiger partial charge in [-0.25, -0.2) is 9.69 Å². The van der Waals surface area contributed by atoms with E-state index in [-0.39, 0.29) is 5.57 Å². The molecule has 1 aliphatic rings. The zero-order valence-corrected chi connectivity index (χ0v) is 19.7. The fourth-order valence-corrected chi connectivity index (χ4v) is 4.15. The van der Waals surface area contributed by atoms with Gasteiger partial charge in [0.15, 0.2) is 0 Å². The molecular weight excluding hydrogens is 452 g/mol. The van der Waals surface area contributed by atoms with Gasteiger partial charge in [0.1, 0.15) is 17.9 Å². The number of urea groups is 1. The number of imide groups is 2. The quantitative estimate of drug-likeness (QED) is 0.288. The van der Waals surface area contributed by atoms with Crippen LogP contribution in [0.5, 0.6) is 5.75 Å². The molecule has 5 rings (SSSR count). The monoisotopic (exact) mass is 476 g/mol. The highest BCUT2D eigenvalue weighted by atomic mass is 16.5. The number of carbonyl (C=O) groups is 3. The molecule has 0 bridgehead atoms. The fraction of sp³-hybridized carbons (Fsp3) is 0.100. The van der Waals surface area contributed by atoms with Gasteiger partial charge >= 0.3 is 6.03 Å². The predicted octanol–water partition coefficient (Wildman–Crippen LogP) is 5.65. The van der Waals surface area contributed by atoms with E-state index in [4.69, 9.17) is 4.74 Å². The van der Waals surface area contributed by atoms with Crippen LogP contribution in [0.15, 0.2) is 96.6 Å². The van der Waals surface area contributed by atoms with E-state index in [0.717, 1.165) is 33.2 Å². The van der Waals surface area contributed by atoms with Gasteiger partial charge in [-0.15, -0.1) is 0 Å². The summed E-state index contributed by atoms with van der Waals surface area (Å²) in [6.07, 6.45) is 2.30. The van der Waals surface area contributed by atoms with Crippen molar-refractivity contribution in [1.29, 1.82) is 0 Å². The number of rotatable bonds is 6. The summed E-state index contributed by atoms with van der Waals surface area (Å²) < 4.78 is 6.07. The van der Waals surface area contributed by atoms with E-state index < -0.39 is 17.8 Å². The van der Waals surface area contributed by atoms with Crippen molar-refractivity contribution in [2.45, 2.75) is 20.0 Å². The molecule has 4 aromatic rings. The first-order valence-corrected chi connectivity index (χ1v) is 11.7.